The van der Waals surface area contributed by atoms with Gasteiger partial charge >= 0.3 is 0 Å². The van der Waals surface area contributed by atoms with Crippen molar-refractivity contribution in [2.45, 2.75) is 6.92 Å². The first-order valence-electron chi connectivity index (χ1n) is 17.3. The molecule has 0 unspecified atom stereocenters. The fourth-order valence-corrected chi connectivity index (χ4v) is 7.03. The fraction of sp³-hybridized carbons (Fsp3) is 0.0213. The Morgan fingerprint density at radius 1 is 0.442 bits per heavy atom. The molecule has 0 atom stereocenters. The number of nitrogens with zero attached hydrogens (tertiary/aromatic N) is 5. The van der Waals surface area contributed by atoms with Crippen molar-refractivity contribution in [2.24, 2.45) is 0 Å². The summed E-state index contributed by atoms with van der Waals surface area (Å²) in [6.07, 6.45) is 0. The van der Waals surface area contributed by atoms with E-state index >= 15 is 0 Å². The third kappa shape index (κ3) is 5.49. The molecule has 0 saturated carbocycles. The van der Waals surface area contributed by atoms with Crippen LogP contribution in [0.2, 0.25) is 0 Å². The molecule has 5 nitrogen and oxygen atoms in total. The maximum atomic E-state index is 10.5. The summed E-state index contributed by atoms with van der Waals surface area (Å²) >= 11 is 0. The molecule has 0 aliphatic carbocycles. The topological polar surface area (TPSA) is 67.4 Å². The average Bonchev–Trinajstić information content (AvgIpc) is 3.54. The number of aromatic nitrogens is 4. The van der Waals surface area contributed by atoms with E-state index < -0.39 is 0 Å². The van der Waals surface area contributed by atoms with E-state index in [0.29, 0.717) is 28.6 Å². The second kappa shape index (κ2) is 12.9. The number of hydrogen-bond donors (Lipinski definition) is 0. The number of para-hydroxylation sites is 1. The Labute approximate surface area is 301 Å². The summed E-state index contributed by atoms with van der Waals surface area (Å²) in [4.78, 5) is 14.6. The van der Waals surface area contributed by atoms with Crippen LogP contribution in [-0.2, 0) is 0 Å². The van der Waals surface area contributed by atoms with Gasteiger partial charge in [0.05, 0.1) is 22.7 Å². The Balaban J connectivity index is 1.20. The minimum Gasteiger partial charge on any atom is -0.309 e. The second-order valence-electron chi connectivity index (χ2n) is 12.9. The molecule has 5 heteroatoms. The summed E-state index contributed by atoms with van der Waals surface area (Å²) in [5, 5.41) is 12.8. The van der Waals surface area contributed by atoms with Crippen LogP contribution in [0.15, 0.2) is 170 Å². The summed E-state index contributed by atoms with van der Waals surface area (Å²) in [5.74, 6) is 1.58. The van der Waals surface area contributed by atoms with E-state index in [0.717, 1.165) is 44.4 Å². The monoisotopic (exact) mass is 665 g/mol. The Bertz CT molecular complexity index is 2740. The lowest BCUT2D eigenvalue weighted by Gasteiger charge is -2.12. The zero-order chi connectivity index (χ0) is 35.0. The highest BCUT2D eigenvalue weighted by atomic mass is 15.0. The minimum atomic E-state index is 0.459. The Morgan fingerprint density at radius 2 is 0.904 bits per heavy atom. The van der Waals surface area contributed by atoms with Gasteiger partial charge in [-0.05, 0) is 77.2 Å². The van der Waals surface area contributed by atoms with Crippen LogP contribution in [0, 0.1) is 18.3 Å². The van der Waals surface area contributed by atoms with Crippen LogP contribution in [0.5, 0.6) is 0 Å². The number of aryl methyl sites for hydroxylation is 1. The first-order chi connectivity index (χ1) is 25.6. The largest absolute Gasteiger partial charge is 0.309 e. The van der Waals surface area contributed by atoms with Crippen molar-refractivity contribution >= 4 is 21.8 Å². The number of benzene rings is 7. The average molecular weight is 666 g/mol. The number of nitriles is 1. The Morgan fingerprint density at radius 3 is 1.46 bits per heavy atom. The van der Waals surface area contributed by atoms with E-state index in [-0.39, 0.29) is 0 Å². The SMILES string of the molecule is Cc1ccccc1-n1c2ccc(-c3ccccc3)cc2c2cc(-c3ccc(-c4nc(-c5ccccc5)nc(-c5ccccc5)n4)c(C#N)c3)ccc21. The molecular formula is C47H31N5. The lowest BCUT2D eigenvalue weighted by atomic mass is 9.97. The number of rotatable bonds is 6. The number of hydrogen-bond acceptors (Lipinski definition) is 4. The van der Waals surface area contributed by atoms with Gasteiger partial charge in [-0.2, -0.15) is 5.26 Å². The molecule has 7 aromatic carbocycles. The smallest absolute Gasteiger partial charge is 0.165 e. The molecule has 0 fully saturated rings. The highest BCUT2D eigenvalue weighted by Gasteiger charge is 2.18. The summed E-state index contributed by atoms with van der Waals surface area (Å²) in [7, 11) is 0. The second-order valence-corrected chi connectivity index (χ2v) is 12.9. The molecule has 0 bridgehead atoms. The molecule has 52 heavy (non-hydrogen) atoms. The van der Waals surface area contributed by atoms with Crippen molar-refractivity contribution in [1.29, 1.82) is 5.26 Å². The van der Waals surface area contributed by atoms with Gasteiger partial charge in [-0.1, -0.05) is 127 Å². The van der Waals surface area contributed by atoms with Gasteiger partial charge in [0.25, 0.3) is 0 Å². The maximum Gasteiger partial charge on any atom is 0.165 e. The molecule has 0 aliphatic heterocycles. The highest BCUT2D eigenvalue weighted by Crippen LogP contribution is 2.38. The van der Waals surface area contributed by atoms with Crippen LogP contribution in [0.3, 0.4) is 0 Å². The van der Waals surface area contributed by atoms with Crippen molar-refractivity contribution in [2.75, 3.05) is 0 Å². The normalized spacial score (nSPS) is 11.2. The van der Waals surface area contributed by atoms with Crippen molar-refractivity contribution in [3.63, 3.8) is 0 Å². The van der Waals surface area contributed by atoms with Crippen LogP contribution < -0.4 is 0 Å². The highest BCUT2D eigenvalue weighted by molar-refractivity contribution is 6.11. The van der Waals surface area contributed by atoms with Crippen LogP contribution in [0.25, 0.3) is 83.9 Å². The summed E-state index contributed by atoms with van der Waals surface area (Å²) in [5.41, 5.74) is 11.9. The first kappa shape index (κ1) is 30.9. The fourth-order valence-electron chi connectivity index (χ4n) is 7.03. The van der Waals surface area contributed by atoms with Gasteiger partial charge in [0.15, 0.2) is 17.5 Å². The molecule has 0 amide bonds. The summed E-state index contributed by atoms with van der Waals surface area (Å²) < 4.78 is 2.36. The van der Waals surface area contributed by atoms with E-state index in [4.69, 9.17) is 15.0 Å². The molecule has 0 N–H and O–H groups in total. The van der Waals surface area contributed by atoms with Crippen LogP contribution >= 0.6 is 0 Å². The zero-order valence-electron chi connectivity index (χ0n) is 28.4. The van der Waals surface area contributed by atoms with E-state index in [2.05, 4.69) is 109 Å². The predicted octanol–water partition coefficient (Wildman–Crippen LogP) is 11.5. The molecule has 244 valence electrons. The standard InChI is InChI=1S/C47H31N5/c1-31-13-11-12-20-42(31)52-43-25-22-36(32-14-5-2-6-15-32)28-40(43)41-29-37(23-26-44(41)52)35-21-24-39(38(27-35)30-48)47-50-45(33-16-7-3-8-17-33)49-46(51-47)34-18-9-4-10-19-34/h2-29H,1H3. The molecule has 0 spiro atoms. The van der Waals surface area contributed by atoms with Gasteiger partial charge in [-0.25, -0.2) is 15.0 Å². The van der Waals surface area contributed by atoms with E-state index in [1.54, 1.807) is 0 Å². The van der Waals surface area contributed by atoms with Gasteiger partial charge < -0.3 is 4.57 Å². The molecule has 0 radical (unpaired) electrons. The van der Waals surface area contributed by atoms with Gasteiger partial charge in [-0.3, -0.25) is 0 Å². The molecule has 0 saturated heterocycles. The molecule has 2 heterocycles. The van der Waals surface area contributed by atoms with Crippen molar-refractivity contribution in [3.8, 4) is 68.2 Å². The van der Waals surface area contributed by atoms with E-state index in [9.17, 15) is 5.26 Å². The van der Waals surface area contributed by atoms with Crippen LogP contribution in [0.4, 0.5) is 0 Å². The Kier molecular flexibility index (Phi) is 7.68. The number of fused-ring (bicyclic) bond motifs is 3. The van der Waals surface area contributed by atoms with Crippen LogP contribution in [-0.4, -0.2) is 19.5 Å². The van der Waals surface area contributed by atoms with E-state index in [1.165, 1.54) is 22.1 Å². The lowest BCUT2D eigenvalue weighted by molar-refractivity contribution is 1.07. The molecular weight excluding hydrogens is 635 g/mol. The molecule has 0 aliphatic rings. The maximum absolute atomic E-state index is 10.5. The third-order valence-corrected chi connectivity index (χ3v) is 9.64. The van der Waals surface area contributed by atoms with E-state index in [1.807, 2.05) is 78.9 Å². The minimum absolute atomic E-state index is 0.459. The quantitative estimate of drug-likeness (QED) is 0.177. The Hall–Kier alpha value is -7.16. The third-order valence-electron chi connectivity index (χ3n) is 9.64. The van der Waals surface area contributed by atoms with Crippen molar-refractivity contribution < 1.29 is 0 Å². The van der Waals surface area contributed by atoms with Crippen molar-refractivity contribution in [3.05, 3.63) is 181 Å². The van der Waals surface area contributed by atoms with Crippen molar-refractivity contribution in [1.82, 2.24) is 19.5 Å². The molecule has 9 aromatic rings. The summed E-state index contributed by atoms with van der Waals surface area (Å²) in [6, 6.07) is 60.5. The van der Waals surface area contributed by atoms with Crippen LogP contribution in [0.1, 0.15) is 11.1 Å². The summed E-state index contributed by atoms with van der Waals surface area (Å²) in [6.45, 7) is 2.16. The zero-order valence-corrected chi connectivity index (χ0v) is 28.4. The van der Waals surface area contributed by atoms with Gasteiger partial charge in [0.1, 0.15) is 0 Å². The van der Waals surface area contributed by atoms with Gasteiger partial charge in [-0.15, -0.1) is 0 Å². The molecule has 9 rings (SSSR count). The van der Waals surface area contributed by atoms with Gasteiger partial charge in [0.2, 0.25) is 0 Å². The first-order valence-corrected chi connectivity index (χ1v) is 17.3. The predicted molar refractivity (Wildman–Crippen MR) is 211 cm³/mol. The van der Waals surface area contributed by atoms with Gasteiger partial charge in [0, 0.05) is 33.2 Å². The lowest BCUT2D eigenvalue weighted by Crippen LogP contribution is -2.01. The molecule has 2 aromatic heterocycles.